The van der Waals surface area contributed by atoms with E-state index in [4.69, 9.17) is 5.73 Å². The van der Waals surface area contributed by atoms with Crippen molar-refractivity contribution in [2.24, 2.45) is 5.73 Å². The van der Waals surface area contributed by atoms with Crippen LogP contribution in [0.3, 0.4) is 0 Å². The van der Waals surface area contributed by atoms with Crippen molar-refractivity contribution in [1.29, 1.82) is 0 Å². The molecule has 5 heteroatoms. The lowest BCUT2D eigenvalue weighted by molar-refractivity contribution is 0.596. The molecule has 2 rings (SSSR count). The molecule has 2 aromatic rings. The summed E-state index contributed by atoms with van der Waals surface area (Å²) in [4.78, 5) is 4.41. The highest BCUT2D eigenvalue weighted by Crippen LogP contribution is 2.18. The minimum atomic E-state index is -0.280. The summed E-state index contributed by atoms with van der Waals surface area (Å²) in [6.07, 6.45) is 3.03. The Bertz CT molecular complexity index is 606. The van der Waals surface area contributed by atoms with E-state index in [0.29, 0.717) is 12.1 Å². The van der Waals surface area contributed by atoms with E-state index >= 15 is 0 Å². The molecule has 0 aliphatic carbocycles. The maximum absolute atomic E-state index is 14.4. The van der Waals surface area contributed by atoms with Gasteiger partial charge in [-0.2, -0.15) is 5.10 Å². The fraction of sp³-hybridized carbons (Fsp3) is 0.500. The van der Waals surface area contributed by atoms with Crippen molar-refractivity contribution in [3.05, 3.63) is 41.2 Å². The van der Waals surface area contributed by atoms with E-state index in [2.05, 4.69) is 10.1 Å². The van der Waals surface area contributed by atoms with Gasteiger partial charge in [0.2, 0.25) is 0 Å². The molecule has 1 aromatic heterocycles. The van der Waals surface area contributed by atoms with E-state index in [-0.39, 0.29) is 11.9 Å². The molecule has 114 valence electrons. The second-order valence-electron chi connectivity index (χ2n) is 5.22. The van der Waals surface area contributed by atoms with Gasteiger partial charge in [0.05, 0.1) is 0 Å². The van der Waals surface area contributed by atoms with Crippen molar-refractivity contribution in [3.63, 3.8) is 0 Å². The monoisotopic (exact) mass is 290 g/mol. The molecule has 0 saturated heterocycles. The van der Waals surface area contributed by atoms with Crippen molar-refractivity contribution in [2.75, 3.05) is 0 Å². The molecule has 1 atom stereocenters. The molecule has 0 aliphatic heterocycles. The van der Waals surface area contributed by atoms with Gasteiger partial charge in [-0.25, -0.2) is 14.1 Å². The van der Waals surface area contributed by atoms with Crippen molar-refractivity contribution in [1.82, 2.24) is 14.8 Å². The second kappa shape index (κ2) is 6.80. The number of aromatic nitrogens is 3. The van der Waals surface area contributed by atoms with Gasteiger partial charge in [-0.1, -0.05) is 26.8 Å². The summed E-state index contributed by atoms with van der Waals surface area (Å²) in [5, 5.41) is 4.38. The highest BCUT2D eigenvalue weighted by atomic mass is 19.1. The van der Waals surface area contributed by atoms with E-state index in [1.165, 1.54) is 0 Å². The summed E-state index contributed by atoms with van der Waals surface area (Å²) in [7, 11) is 0. The molecule has 1 heterocycles. The molecule has 1 aromatic carbocycles. The standard InChI is InChI=1S/C16H23FN4/c1-4-12(18)9-11-7-8-14(13(17)10-11)21-16(6-3)19-15(5-2)20-21/h7-8,10,12H,4-6,9,18H2,1-3H3. The molecule has 4 nitrogen and oxygen atoms in total. The third kappa shape index (κ3) is 3.47. The van der Waals surface area contributed by atoms with Crippen LogP contribution in [0.1, 0.15) is 44.4 Å². The number of halogens is 1. The summed E-state index contributed by atoms with van der Waals surface area (Å²) in [5.41, 5.74) is 7.29. The minimum Gasteiger partial charge on any atom is -0.327 e. The van der Waals surface area contributed by atoms with Crippen LogP contribution in [0, 0.1) is 5.82 Å². The maximum atomic E-state index is 14.4. The smallest absolute Gasteiger partial charge is 0.151 e. The third-order valence-electron chi connectivity index (χ3n) is 3.61. The van der Waals surface area contributed by atoms with Crippen molar-refractivity contribution >= 4 is 0 Å². The highest BCUT2D eigenvalue weighted by molar-refractivity contribution is 5.37. The Morgan fingerprint density at radius 2 is 2.00 bits per heavy atom. The van der Waals surface area contributed by atoms with Crippen LogP contribution in [-0.2, 0) is 19.3 Å². The number of aryl methyl sites for hydroxylation is 2. The number of rotatable bonds is 6. The molecule has 0 amide bonds. The van der Waals surface area contributed by atoms with Gasteiger partial charge in [0.15, 0.2) is 5.82 Å². The van der Waals surface area contributed by atoms with Crippen molar-refractivity contribution < 1.29 is 4.39 Å². The summed E-state index contributed by atoms with van der Waals surface area (Å²) in [6, 6.07) is 5.30. The van der Waals surface area contributed by atoms with Crippen LogP contribution < -0.4 is 5.73 Å². The Morgan fingerprint density at radius 1 is 1.24 bits per heavy atom. The van der Waals surface area contributed by atoms with Crippen LogP contribution in [0.25, 0.3) is 5.69 Å². The van der Waals surface area contributed by atoms with Gasteiger partial charge in [-0.05, 0) is 30.5 Å². The summed E-state index contributed by atoms with van der Waals surface area (Å²) < 4.78 is 16.0. The fourth-order valence-electron chi connectivity index (χ4n) is 2.26. The van der Waals surface area contributed by atoms with Gasteiger partial charge in [0.25, 0.3) is 0 Å². The molecule has 0 fully saturated rings. The Kier molecular flexibility index (Phi) is 5.07. The number of hydrogen-bond donors (Lipinski definition) is 1. The highest BCUT2D eigenvalue weighted by Gasteiger charge is 2.13. The first kappa shape index (κ1) is 15.6. The Balaban J connectivity index is 2.34. The second-order valence-corrected chi connectivity index (χ2v) is 5.22. The normalized spacial score (nSPS) is 12.6. The zero-order valence-corrected chi connectivity index (χ0v) is 12.9. The van der Waals surface area contributed by atoms with Crippen LogP contribution >= 0.6 is 0 Å². The molecule has 21 heavy (non-hydrogen) atoms. The van der Waals surface area contributed by atoms with Gasteiger partial charge in [0, 0.05) is 18.9 Å². The minimum absolute atomic E-state index is 0.0690. The van der Waals surface area contributed by atoms with Gasteiger partial charge < -0.3 is 5.73 Å². The van der Waals surface area contributed by atoms with Crippen LogP contribution in [0.15, 0.2) is 18.2 Å². The van der Waals surface area contributed by atoms with E-state index in [0.717, 1.165) is 36.5 Å². The predicted molar refractivity (Wildman–Crippen MR) is 82.0 cm³/mol. The molecule has 0 radical (unpaired) electrons. The fourth-order valence-corrected chi connectivity index (χ4v) is 2.26. The Hall–Kier alpha value is -1.75. The molecular formula is C16H23FN4. The average molecular weight is 290 g/mol. The average Bonchev–Trinajstić information content (AvgIpc) is 2.90. The first-order valence-electron chi connectivity index (χ1n) is 7.58. The molecule has 1 unspecified atom stereocenters. The quantitative estimate of drug-likeness (QED) is 0.890. The molecule has 0 bridgehead atoms. The van der Waals surface area contributed by atoms with Crippen LogP contribution in [0.5, 0.6) is 0 Å². The van der Waals surface area contributed by atoms with Gasteiger partial charge >= 0.3 is 0 Å². The van der Waals surface area contributed by atoms with Gasteiger partial charge in [-0.15, -0.1) is 0 Å². The van der Waals surface area contributed by atoms with Gasteiger partial charge in [-0.3, -0.25) is 0 Å². The number of benzene rings is 1. The molecule has 2 N–H and O–H groups in total. The van der Waals surface area contributed by atoms with E-state index in [1.54, 1.807) is 16.8 Å². The number of hydrogen-bond acceptors (Lipinski definition) is 3. The largest absolute Gasteiger partial charge is 0.327 e. The van der Waals surface area contributed by atoms with Gasteiger partial charge in [0.1, 0.15) is 17.3 Å². The molecular weight excluding hydrogens is 267 g/mol. The van der Waals surface area contributed by atoms with E-state index < -0.39 is 0 Å². The molecule has 0 saturated carbocycles. The lowest BCUT2D eigenvalue weighted by atomic mass is 10.0. The molecule has 0 spiro atoms. The maximum Gasteiger partial charge on any atom is 0.151 e. The first-order chi connectivity index (χ1) is 10.1. The first-order valence-corrected chi connectivity index (χ1v) is 7.58. The summed E-state index contributed by atoms with van der Waals surface area (Å²) in [5.74, 6) is 1.24. The lowest BCUT2D eigenvalue weighted by Gasteiger charge is -2.11. The van der Waals surface area contributed by atoms with E-state index in [9.17, 15) is 4.39 Å². The topological polar surface area (TPSA) is 56.7 Å². The van der Waals surface area contributed by atoms with Crippen LogP contribution in [0.4, 0.5) is 4.39 Å². The van der Waals surface area contributed by atoms with E-state index in [1.807, 2.05) is 26.8 Å². The predicted octanol–water partition coefficient (Wildman–Crippen LogP) is 2.81. The lowest BCUT2D eigenvalue weighted by Crippen LogP contribution is -2.21. The van der Waals surface area contributed by atoms with Crippen LogP contribution in [-0.4, -0.2) is 20.8 Å². The SMILES string of the molecule is CCc1nc(CC)n(-c2ccc(CC(N)CC)cc2F)n1. The molecule has 0 aliphatic rings. The Morgan fingerprint density at radius 3 is 2.57 bits per heavy atom. The van der Waals surface area contributed by atoms with Crippen LogP contribution in [0.2, 0.25) is 0 Å². The van der Waals surface area contributed by atoms with Crippen molar-refractivity contribution in [3.8, 4) is 5.69 Å². The number of nitrogens with two attached hydrogens (primary N) is 1. The zero-order valence-electron chi connectivity index (χ0n) is 12.9. The number of nitrogens with zero attached hydrogens (tertiary/aromatic N) is 3. The zero-order chi connectivity index (χ0) is 15.4. The Labute approximate surface area is 125 Å². The summed E-state index contributed by atoms with van der Waals surface area (Å²) >= 11 is 0. The summed E-state index contributed by atoms with van der Waals surface area (Å²) in [6.45, 7) is 6.02. The third-order valence-corrected chi connectivity index (χ3v) is 3.61. The van der Waals surface area contributed by atoms with Crippen molar-refractivity contribution in [2.45, 2.75) is 52.5 Å².